The molecule has 98 valence electrons. The molecule has 1 unspecified atom stereocenters. The largest absolute Gasteiger partial charge is 0.467 e. The lowest BCUT2D eigenvalue weighted by atomic mass is 10.1. The molecular weight excluding hydrogens is 248 g/mol. The SMILES string of the molecule is COC(=O)C(NC(=S)Nc1ccccc1)C(C)C. The van der Waals surface area contributed by atoms with Crippen molar-refractivity contribution in [3.63, 3.8) is 0 Å². The number of ether oxygens (including phenoxy) is 1. The Morgan fingerprint density at radius 2 is 1.89 bits per heavy atom. The normalized spacial score (nSPS) is 11.8. The van der Waals surface area contributed by atoms with Crippen LogP contribution in [0.15, 0.2) is 30.3 Å². The standard InChI is InChI=1S/C13H18N2O2S/c1-9(2)11(12(16)17-3)15-13(18)14-10-7-5-4-6-8-10/h4-9,11H,1-3H3,(H2,14,15,18). The Kier molecular flexibility index (Phi) is 5.58. The number of carbonyl (C=O) groups is 1. The number of methoxy groups -OCH3 is 1. The Balaban J connectivity index is 2.60. The Morgan fingerprint density at radius 3 is 2.39 bits per heavy atom. The van der Waals surface area contributed by atoms with E-state index < -0.39 is 6.04 Å². The Morgan fingerprint density at radius 1 is 1.28 bits per heavy atom. The molecule has 0 aliphatic rings. The zero-order chi connectivity index (χ0) is 13.5. The van der Waals surface area contributed by atoms with Crippen molar-refractivity contribution in [2.24, 2.45) is 5.92 Å². The molecule has 18 heavy (non-hydrogen) atoms. The molecule has 0 spiro atoms. The van der Waals surface area contributed by atoms with Crippen LogP contribution in [0.4, 0.5) is 5.69 Å². The number of thiocarbonyl (C=S) groups is 1. The van der Waals surface area contributed by atoms with E-state index in [0.717, 1.165) is 5.69 Å². The Labute approximate surface area is 113 Å². The Hall–Kier alpha value is -1.62. The molecule has 0 bridgehead atoms. The highest BCUT2D eigenvalue weighted by molar-refractivity contribution is 7.80. The highest BCUT2D eigenvalue weighted by atomic mass is 32.1. The summed E-state index contributed by atoms with van der Waals surface area (Å²) in [5.41, 5.74) is 0.877. The van der Waals surface area contributed by atoms with Crippen molar-refractivity contribution >= 4 is 29.0 Å². The van der Waals surface area contributed by atoms with Crippen molar-refractivity contribution in [1.82, 2.24) is 5.32 Å². The summed E-state index contributed by atoms with van der Waals surface area (Å²) in [4.78, 5) is 11.6. The molecule has 1 atom stereocenters. The van der Waals surface area contributed by atoms with E-state index in [-0.39, 0.29) is 11.9 Å². The smallest absolute Gasteiger partial charge is 0.328 e. The van der Waals surface area contributed by atoms with Gasteiger partial charge >= 0.3 is 5.97 Å². The summed E-state index contributed by atoms with van der Waals surface area (Å²) in [6.07, 6.45) is 0. The van der Waals surface area contributed by atoms with Crippen LogP contribution in [0.2, 0.25) is 0 Å². The van der Waals surface area contributed by atoms with Gasteiger partial charge in [0, 0.05) is 5.69 Å². The van der Waals surface area contributed by atoms with E-state index >= 15 is 0 Å². The fraction of sp³-hybridized carbons (Fsp3) is 0.385. The molecule has 1 aromatic rings. The van der Waals surface area contributed by atoms with Crippen LogP contribution in [0.5, 0.6) is 0 Å². The van der Waals surface area contributed by atoms with Gasteiger partial charge in [-0.3, -0.25) is 0 Å². The molecule has 0 aliphatic carbocycles. The number of benzene rings is 1. The van der Waals surface area contributed by atoms with E-state index in [0.29, 0.717) is 5.11 Å². The van der Waals surface area contributed by atoms with Gasteiger partial charge in [-0.05, 0) is 30.3 Å². The van der Waals surface area contributed by atoms with Gasteiger partial charge in [0.1, 0.15) is 6.04 Å². The van der Waals surface area contributed by atoms with Crippen molar-refractivity contribution in [1.29, 1.82) is 0 Å². The second kappa shape index (κ2) is 6.96. The maximum atomic E-state index is 11.6. The van der Waals surface area contributed by atoms with Gasteiger partial charge in [0.05, 0.1) is 7.11 Å². The fourth-order valence-electron chi connectivity index (χ4n) is 1.45. The maximum absolute atomic E-state index is 11.6. The lowest BCUT2D eigenvalue weighted by molar-refractivity contribution is -0.143. The summed E-state index contributed by atoms with van der Waals surface area (Å²) in [5.74, 6) is -0.227. The number of hydrogen-bond donors (Lipinski definition) is 2. The van der Waals surface area contributed by atoms with Gasteiger partial charge in [0.25, 0.3) is 0 Å². The zero-order valence-electron chi connectivity index (χ0n) is 10.8. The second-order valence-corrected chi connectivity index (χ2v) is 4.62. The van der Waals surface area contributed by atoms with Crippen molar-refractivity contribution in [2.75, 3.05) is 12.4 Å². The summed E-state index contributed by atoms with van der Waals surface area (Å²) < 4.78 is 4.74. The monoisotopic (exact) mass is 266 g/mol. The number of hydrogen-bond acceptors (Lipinski definition) is 3. The summed E-state index contributed by atoms with van der Waals surface area (Å²) in [7, 11) is 1.37. The first-order chi connectivity index (χ1) is 8.54. The van der Waals surface area contributed by atoms with Crippen LogP contribution < -0.4 is 10.6 Å². The average molecular weight is 266 g/mol. The number of rotatable bonds is 4. The van der Waals surface area contributed by atoms with Gasteiger partial charge in [-0.2, -0.15) is 0 Å². The quantitative estimate of drug-likeness (QED) is 0.646. The van der Waals surface area contributed by atoms with Gasteiger partial charge in [0.2, 0.25) is 0 Å². The minimum absolute atomic E-state index is 0.0907. The van der Waals surface area contributed by atoms with Crippen LogP contribution in [0.25, 0.3) is 0 Å². The topological polar surface area (TPSA) is 50.4 Å². The molecule has 0 aromatic heterocycles. The molecule has 0 aliphatic heterocycles. The van der Waals surface area contributed by atoms with Crippen molar-refractivity contribution in [3.05, 3.63) is 30.3 Å². The predicted molar refractivity (Wildman–Crippen MR) is 76.4 cm³/mol. The van der Waals surface area contributed by atoms with E-state index in [1.807, 2.05) is 44.2 Å². The molecule has 4 nitrogen and oxygen atoms in total. The molecular formula is C13H18N2O2S. The first kappa shape index (κ1) is 14.4. The molecule has 0 saturated heterocycles. The molecule has 5 heteroatoms. The van der Waals surface area contributed by atoms with Crippen LogP contribution in [0, 0.1) is 5.92 Å². The van der Waals surface area contributed by atoms with E-state index in [9.17, 15) is 4.79 Å². The Bertz CT molecular complexity index is 407. The van der Waals surface area contributed by atoms with Gasteiger partial charge in [-0.15, -0.1) is 0 Å². The average Bonchev–Trinajstić information content (AvgIpc) is 2.36. The van der Waals surface area contributed by atoms with Gasteiger partial charge in [0.15, 0.2) is 5.11 Å². The van der Waals surface area contributed by atoms with Crippen LogP contribution in [0.1, 0.15) is 13.8 Å². The third-order valence-corrected chi connectivity index (χ3v) is 2.66. The number of esters is 1. The van der Waals surface area contributed by atoms with Crippen molar-refractivity contribution in [3.8, 4) is 0 Å². The number of para-hydroxylation sites is 1. The van der Waals surface area contributed by atoms with Crippen LogP contribution in [0.3, 0.4) is 0 Å². The van der Waals surface area contributed by atoms with Crippen LogP contribution >= 0.6 is 12.2 Å². The van der Waals surface area contributed by atoms with Crippen molar-refractivity contribution in [2.45, 2.75) is 19.9 Å². The molecule has 0 radical (unpaired) electrons. The number of nitrogens with one attached hydrogen (secondary N) is 2. The zero-order valence-corrected chi connectivity index (χ0v) is 11.6. The van der Waals surface area contributed by atoms with E-state index in [1.54, 1.807) is 0 Å². The molecule has 1 rings (SSSR count). The summed E-state index contributed by atoms with van der Waals surface area (Å²) in [6, 6.07) is 9.09. The van der Waals surface area contributed by atoms with Gasteiger partial charge in [-0.1, -0.05) is 32.0 Å². The highest BCUT2D eigenvalue weighted by Gasteiger charge is 2.23. The molecule has 0 heterocycles. The first-order valence-corrected chi connectivity index (χ1v) is 6.15. The van der Waals surface area contributed by atoms with Crippen LogP contribution in [-0.4, -0.2) is 24.2 Å². The molecule has 2 N–H and O–H groups in total. The molecule has 0 fully saturated rings. The summed E-state index contributed by atoms with van der Waals surface area (Å²) in [6.45, 7) is 3.86. The lowest BCUT2D eigenvalue weighted by Gasteiger charge is -2.21. The minimum atomic E-state index is -0.446. The highest BCUT2D eigenvalue weighted by Crippen LogP contribution is 2.07. The fourth-order valence-corrected chi connectivity index (χ4v) is 1.70. The summed E-state index contributed by atoms with van der Waals surface area (Å²) in [5, 5.41) is 6.39. The van der Waals surface area contributed by atoms with E-state index in [2.05, 4.69) is 10.6 Å². The van der Waals surface area contributed by atoms with Crippen LogP contribution in [-0.2, 0) is 9.53 Å². The maximum Gasteiger partial charge on any atom is 0.328 e. The van der Waals surface area contributed by atoms with E-state index in [4.69, 9.17) is 17.0 Å². The predicted octanol–water partition coefficient (Wildman–Crippen LogP) is 2.17. The van der Waals surface area contributed by atoms with Crippen molar-refractivity contribution < 1.29 is 9.53 Å². The third-order valence-electron chi connectivity index (χ3n) is 2.44. The first-order valence-electron chi connectivity index (χ1n) is 5.75. The second-order valence-electron chi connectivity index (χ2n) is 4.21. The van der Waals surface area contributed by atoms with E-state index in [1.165, 1.54) is 7.11 Å². The van der Waals surface area contributed by atoms with Gasteiger partial charge < -0.3 is 15.4 Å². The number of anilines is 1. The molecule has 0 saturated carbocycles. The lowest BCUT2D eigenvalue weighted by Crippen LogP contribution is -2.46. The minimum Gasteiger partial charge on any atom is -0.467 e. The third kappa shape index (κ3) is 4.33. The molecule has 1 aromatic carbocycles. The molecule has 0 amide bonds. The summed E-state index contributed by atoms with van der Waals surface area (Å²) >= 11 is 5.17. The number of carbonyl (C=O) groups excluding carboxylic acids is 1. The van der Waals surface area contributed by atoms with Gasteiger partial charge in [-0.25, -0.2) is 4.79 Å².